The van der Waals surface area contributed by atoms with E-state index >= 15 is 0 Å². The van der Waals surface area contributed by atoms with Crippen LogP contribution in [-0.2, 0) is 11.3 Å². The van der Waals surface area contributed by atoms with E-state index in [-0.39, 0.29) is 17.5 Å². The number of nitro benzene ring substituents is 1. The van der Waals surface area contributed by atoms with Crippen LogP contribution in [-0.4, -0.2) is 31.3 Å². The summed E-state index contributed by atoms with van der Waals surface area (Å²) in [7, 11) is 1.57. The molecule has 0 amide bonds. The largest absolute Gasteiger partial charge is 0.481 e. The molecule has 0 aliphatic rings. The van der Waals surface area contributed by atoms with Gasteiger partial charge in [-0.3, -0.25) is 10.1 Å². The maximum absolute atomic E-state index is 11.0. The lowest BCUT2D eigenvalue weighted by Gasteiger charge is -2.14. The third-order valence-corrected chi connectivity index (χ3v) is 2.53. The van der Waals surface area contributed by atoms with Crippen molar-refractivity contribution in [2.75, 3.05) is 20.3 Å². The minimum absolute atomic E-state index is 0.0248. The molecule has 0 saturated carbocycles. The van der Waals surface area contributed by atoms with E-state index in [0.29, 0.717) is 13.2 Å². The lowest BCUT2D eigenvalue weighted by Crippen LogP contribution is -2.19. The zero-order chi connectivity index (χ0) is 14.3. The van der Waals surface area contributed by atoms with Crippen LogP contribution in [0.1, 0.15) is 19.4 Å². The number of benzene rings is 1. The van der Waals surface area contributed by atoms with E-state index in [1.54, 1.807) is 19.2 Å². The van der Waals surface area contributed by atoms with E-state index in [0.717, 1.165) is 12.1 Å². The van der Waals surface area contributed by atoms with Crippen molar-refractivity contribution in [3.05, 3.63) is 33.9 Å². The zero-order valence-electron chi connectivity index (χ0n) is 11.5. The van der Waals surface area contributed by atoms with Gasteiger partial charge >= 0.3 is 5.69 Å². The minimum atomic E-state index is -0.439. The quantitative estimate of drug-likeness (QED) is 0.577. The molecule has 6 nitrogen and oxygen atoms in total. The predicted molar refractivity (Wildman–Crippen MR) is 72.4 cm³/mol. The number of ether oxygens (including phenoxy) is 2. The molecule has 0 bridgehead atoms. The van der Waals surface area contributed by atoms with Crippen LogP contribution in [0.25, 0.3) is 0 Å². The molecule has 0 aliphatic heterocycles. The monoisotopic (exact) mass is 268 g/mol. The summed E-state index contributed by atoms with van der Waals surface area (Å²) in [6, 6.07) is 4.91. The summed E-state index contributed by atoms with van der Waals surface area (Å²) in [6.45, 7) is 5.69. The van der Waals surface area contributed by atoms with Gasteiger partial charge in [0.2, 0.25) is 0 Å². The Labute approximate surface area is 112 Å². The molecule has 0 saturated heterocycles. The molecule has 1 rings (SSSR count). The molecule has 1 aromatic carbocycles. The number of nitrogens with zero attached hydrogens (tertiary/aromatic N) is 1. The van der Waals surface area contributed by atoms with Gasteiger partial charge in [-0.1, -0.05) is 13.0 Å². The molecule has 0 aliphatic carbocycles. The summed E-state index contributed by atoms with van der Waals surface area (Å²) < 4.78 is 10.5. The molecule has 6 heteroatoms. The highest BCUT2D eigenvalue weighted by molar-refractivity contribution is 5.48. The van der Waals surface area contributed by atoms with Crippen molar-refractivity contribution >= 4 is 5.69 Å². The van der Waals surface area contributed by atoms with Crippen LogP contribution in [0, 0.1) is 10.1 Å². The van der Waals surface area contributed by atoms with E-state index in [1.807, 2.05) is 13.8 Å². The van der Waals surface area contributed by atoms with Gasteiger partial charge in [-0.05, 0) is 25.1 Å². The van der Waals surface area contributed by atoms with Crippen LogP contribution in [0.3, 0.4) is 0 Å². The lowest BCUT2D eigenvalue weighted by molar-refractivity contribution is -0.386. The van der Waals surface area contributed by atoms with Crippen LogP contribution in [0.2, 0.25) is 0 Å². The van der Waals surface area contributed by atoms with Gasteiger partial charge in [0.05, 0.1) is 11.5 Å². The molecule has 0 heterocycles. The van der Waals surface area contributed by atoms with Gasteiger partial charge in [0, 0.05) is 19.7 Å². The maximum Gasteiger partial charge on any atom is 0.310 e. The normalized spacial score (nSPS) is 12.2. The molecule has 1 aromatic rings. The second-order valence-electron chi connectivity index (χ2n) is 4.22. The van der Waals surface area contributed by atoms with Gasteiger partial charge in [-0.15, -0.1) is 0 Å². The van der Waals surface area contributed by atoms with Crippen molar-refractivity contribution in [2.24, 2.45) is 0 Å². The van der Waals surface area contributed by atoms with Gasteiger partial charge in [0.25, 0.3) is 0 Å². The summed E-state index contributed by atoms with van der Waals surface area (Å²) in [6.07, 6.45) is -0.238. The van der Waals surface area contributed by atoms with E-state index in [1.165, 1.54) is 6.07 Å². The first-order valence-corrected chi connectivity index (χ1v) is 6.22. The first-order chi connectivity index (χ1) is 9.08. The summed E-state index contributed by atoms with van der Waals surface area (Å²) in [5, 5.41) is 14.1. The molecule has 1 atom stereocenters. The topological polar surface area (TPSA) is 73.6 Å². The molecule has 1 unspecified atom stereocenters. The molecule has 0 fully saturated rings. The number of nitrogens with one attached hydrogen (secondary N) is 1. The van der Waals surface area contributed by atoms with Gasteiger partial charge in [0.15, 0.2) is 5.75 Å². The van der Waals surface area contributed by atoms with Crippen LogP contribution >= 0.6 is 0 Å². The summed E-state index contributed by atoms with van der Waals surface area (Å²) in [5.74, 6) is 0.282. The van der Waals surface area contributed by atoms with Crippen LogP contribution < -0.4 is 10.1 Å². The number of nitro groups is 1. The van der Waals surface area contributed by atoms with Gasteiger partial charge in [-0.25, -0.2) is 0 Å². The Balaban J connectivity index is 2.91. The molecule has 0 radical (unpaired) electrons. The second-order valence-corrected chi connectivity index (χ2v) is 4.22. The second kappa shape index (κ2) is 7.70. The number of hydrogen-bond donors (Lipinski definition) is 1. The molecular weight excluding hydrogens is 248 g/mol. The smallest absolute Gasteiger partial charge is 0.310 e. The number of hydrogen-bond acceptors (Lipinski definition) is 5. The van der Waals surface area contributed by atoms with Gasteiger partial charge in [0.1, 0.15) is 6.10 Å². The highest BCUT2D eigenvalue weighted by atomic mass is 16.6. The summed E-state index contributed by atoms with van der Waals surface area (Å²) >= 11 is 0. The molecule has 0 spiro atoms. The Bertz CT molecular complexity index is 423. The van der Waals surface area contributed by atoms with Crippen molar-refractivity contribution in [2.45, 2.75) is 26.5 Å². The van der Waals surface area contributed by atoms with Crippen LogP contribution in [0.5, 0.6) is 5.75 Å². The van der Waals surface area contributed by atoms with E-state index < -0.39 is 4.92 Å². The highest BCUT2D eigenvalue weighted by Gasteiger charge is 2.17. The van der Waals surface area contributed by atoms with Crippen molar-refractivity contribution in [3.63, 3.8) is 0 Å². The minimum Gasteiger partial charge on any atom is -0.481 e. The zero-order valence-corrected chi connectivity index (χ0v) is 11.5. The average molecular weight is 268 g/mol. The highest BCUT2D eigenvalue weighted by Crippen LogP contribution is 2.28. The van der Waals surface area contributed by atoms with Crippen molar-refractivity contribution in [1.82, 2.24) is 5.32 Å². The Morgan fingerprint density at radius 1 is 1.47 bits per heavy atom. The van der Waals surface area contributed by atoms with Crippen molar-refractivity contribution in [1.29, 1.82) is 0 Å². The molecular formula is C13H20N2O4. The standard InChI is InChI=1S/C13H20N2O4/c1-4-14-8-11-5-6-12(15(16)17)13(7-11)19-10(2)9-18-3/h5-7,10,14H,4,8-9H2,1-3H3. The fourth-order valence-electron chi connectivity index (χ4n) is 1.67. The Kier molecular flexibility index (Phi) is 6.24. The predicted octanol–water partition coefficient (Wildman–Crippen LogP) is 2.12. The third-order valence-electron chi connectivity index (χ3n) is 2.53. The van der Waals surface area contributed by atoms with Crippen LogP contribution in [0.15, 0.2) is 18.2 Å². The van der Waals surface area contributed by atoms with Gasteiger partial charge < -0.3 is 14.8 Å². The number of rotatable bonds is 8. The third kappa shape index (κ3) is 4.84. The Hall–Kier alpha value is -1.66. The number of methoxy groups -OCH3 is 1. The van der Waals surface area contributed by atoms with E-state index in [9.17, 15) is 10.1 Å². The molecule has 106 valence electrons. The van der Waals surface area contributed by atoms with Gasteiger partial charge in [-0.2, -0.15) is 0 Å². The summed E-state index contributed by atoms with van der Waals surface area (Å²) in [5.41, 5.74) is 0.926. The first kappa shape index (κ1) is 15.4. The Morgan fingerprint density at radius 3 is 2.79 bits per heavy atom. The molecule has 0 aromatic heterocycles. The Morgan fingerprint density at radius 2 is 2.21 bits per heavy atom. The lowest BCUT2D eigenvalue weighted by atomic mass is 10.2. The van der Waals surface area contributed by atoms with Crippen molar-refractivity contribution in [3.8, 4) is 5.75 Å². The summed E-state index contributed by atoms with van der Waals surface area (Å²) in [4.78, 5) is 10.5. The molecule has 1 N–H and O–H groups in total. The van der Waals surface area contributed by atoms with E-state index in [2.05, 4.69) is 5.32 Å². The molecule has 19 heavy (non-hydrogen) atoms. The van der Waals surface area contributed by atoms with E-state index in [4.69, 9.17) is 9.47 Å². The van der Waals surface area contributed by atoms with Crippen LogP contribution in [0.4, 0.5) is 5.69 Å². The SMILES string of the molecule is CCNCc1ccc([N+](=O)[O-])c(OC(C)COC)c1. The first-order valence-electron chi connectivity index (χ1n) is 6.22. The van der Waals surface area contributed by atoms with Crippen molar-refractivity contribution < 1.29 is 14.4 Å². The fraction of sp³-hybridized carbons (Fsp3) is 0.538. The maximum atomic E-state index is 11.0. The average Bonchev–Trinajstić information content (AvgIpc) is 2.36. The fourth-order valence-corrected chi connectivity index (χ4v) is 1.67.